The quantitative estimate of drug-likeness (QED) is 0.317. The van der Waals surface area contributed by atoms with Crippen LogP contribution in [0.25, 0.3) is 5.57 Å². The molecule has 3 rings (SSSR count). The molecule has 1 aromatic heterocycles. The highest BCUT2D eigenvalue weighted by Gasteiger charge is 2.20. The molecule has 2 aromatic rings. The molecule has 0 spiro atoms. The number of anilines is 2. The maximum Gasteiger partial charge on any atom is 0.387 e. The first-order valence-corrected chi connectivity index (χ1v) is 12.1. The molecule has 1 aromatic carbocycles. The molecule has 1 aliphatic heterocycles. The molecule has 198 valence electrons. The summed E-state index contributed by atoms with van der Waals surface area (Å²) in [7, 11) is 0. The SMILES string of the molecule is C=C/C(=C\C(=C(C)C)c1cnc(OC(C)C)c(N2CCOCC2)c1)C(=O)Nc1cccc(OC(F)F)c1. The van der Waals surface area contributed by atoms with Crippen molar-refractivity contribution >= 4 is 22.9 Å². The van der Waals surface area contributed by atoms with E-state index in [9.17, 15) is 13.6 Å². The van der Waals surface area contributed by atoms with E-state index in [1.54, 1.807) is 18.3 Å². The lowest BCUT2D eigenvalue weighted by Crippen LogP contribution is -2.36. The first kappa shape index (κ1) is 27.9. The van der Waals surface area contributed by atoms with Gasteiger partial charge in [-0.15, -0.1) is 0 Å². The van der Waals surface area contributed by atoms with Gasteiger partial charge in [-0.2, -0.15) is 8.78 Å². The van der Waals surface area contributed by atoms with Crippen LogP contribution in [0.15, 0.2) is 66.4 Å². The van der Waals surface area contributed by atoms with Gasteiger partial charge in [-0.05, 0) is 57.5 Å². The fourth-order valence-corrected chi connectivity index (χ4v) is 3.78. The first-order valence-electron chi connectivity index (χ1n) is 12.1. The predicted molar refractivity (Wildman–Crippen MR) is 141 cm³/mol. The normalized spacial score (nSPS) is 13.9. The summed E-state index contributed by atoms with van der Waals surface area (Å²) in [5, 5.41) is 2.71. The van der Waals surface area contributed by atoms with Crippen molar-refractivity contribution in [3.63, 3.8) is 0 Å². The predicted octanol–water partition coefficient (Wildman–Crippen LogP) is 5.85. The van der Waals surface area contributed by atoms with E-state index < -0.39 is 12.5 Å². The maximum absolute atomic E-state index is 13.0. The number of benzene rings is 1. The molecule has 7 nitrogen and oxygen atoms in total. The lowest BCUT2D eigenvalue weighted by atomic mass is 9.99. The van der Waals surface area contributed by atoms with Gasteiger partial charge in [-0.3, -0.25) is 4.79 Å². The molecule has 1 fully saturated rings. The molecule has 1 N–H and O–H groups in total. The van der Waals surface area contributed by atoms with Crippen LogP contribution in [0.1, 0.15) is 33.3 Å². The van der Waals surface area contributed by atoms with Crippen LogP contribution in [0.3, 0.4) is 0 Å². The Morgan fingerprint density at radius 3 is 2.54 bits per heavy atom. The molecule has 0 atom stereocenters. The molecular formula is C28H33F2N3O4. The van der Waals surface area contributed by atoms with Gasteiger partial charge in [0.2, 0.25) is 5.88 Å². The Balaban J connectivity index is 1.92. The molecule has 1 saturated heterocycles. The lowest BCUT2D eigenvalue weighted by Gasteiger charge is -2.30. The number of carbonyl (C=O) groups excluding carboxylic acids is 1. The minimum atomic E-state index is -2.96. The van der Waals surface area contributed by atoms with E-state index in [1.165, 1.54) is 24.3 Å². The number of hydrogen-bond donors (Lipinski definition) is 1. The smallest absolute Gasteiger partial charge is 0.387 e. The van der Waals surface area contributed by atoms with Crippen LogP contribution >= 0.6 is 0 Å². The maximum atomic E-state index is 13.0. The van der Waals surface area contributed by atoms with E-state index in [0.717, 1.165) is 22.4 Å². The number of pyridine rings is 1. The molecule has 0 bridgehead atoms. The third kappa shape index (κ3) is 7.88. The number of alkyl halides is 2. The number of carbonyl (C=O) groups is 1. The van der Waals surface area contributed by atoms with Gasteiger partial charge in [0, 0.05) is 42.2 Å². The number of nitrogens with zero attached hydrogens (tertiary/aromatic N) is 2. The second kappa shape index (κ2) is 13.0. The van der Waals surface area contributed by atoms with Crippen LogP contribution in [-0.2, 0) is 9.53 Å². The Morgan fingerprint density at radius 2 is 1.92 bits per heavy atom. The highest BCUT2D eigenvalue weighted by molar-refractivity contribution is 6.07. The number of morpholine rings is 1. The van der Waals surface area contributed by atoms with Crippen molar-refractivity contribution in [2.45, 2.75) is 40.4 Å². The molecule has 0 unspecified atom stereocenters. The zero-order chi connectivity index (χ0) is 26.9. The number of aromatic nitrogens is 1. The van der Waals surface area contributed by atoms with Crippen LogP contribution in [0.2, 0.25) is 0 Å². The standard InChI is InChI=1S/C28H33F2N3O4/c1-6-20(26(34)32-22-8-7-9-23(16-22)37-28(29)30)14-24(18(2)3)21-15-25(33-10-12-35-13-11-33)27(31-17-21)36-19(4)5/h6-9,14-17,19,28H,1,10-13H2,2-5H3,(H,32,34)/b20-14+. The van der Waals surface area contributed by atoms with Gasteiger partial charge in [-0.1, -0.05) is 24.3 Å². The van der Waals surface area contributed by atoms with Gasteiger partial charge >= 0.3 is 6.61 Å². The zero-order valence-corrected chi connectivity index (χ0v) is 21.6. The van der Waals surface area contributed by atoms with Crippen LogP contribution in [0.4, 0.5) is 20.2 Å². The second-order valence-corrected chi connectivity index (χ2v) is 8.89. The minimum absolute atomic E-state index is 0.0402. The van der Waals surface area contributed by atoms with Crippen molar-refractivity contribution in [3.8, 4) is 11.6 Å². The molecule has 2 heterocycles. The summed E-state index contributed by atoms with van der Waals surface area (Å²) in [6.07, 6.45) is 4.87. The van der Waals surface area contributed by atoms with Crippen LogP contribution in [0, 0.1) is 0 Å². The number of rotatable bonds is 10. The molecule has 1 amide bonds. The summed E-state index contributed by atoms with van der Waals surface area (Å²) in [4.78, 5) is 19.8. The summed E-state index contributed by atoms with van der Waals surface area (Å²) in [6, 6.07) is 7.84. The average molecular weight is 514 g/mol. The van der Waals surface area contributed by atoms with Gasteiger partial charge in [0.25, 0.3) is 5.91 Å². The Labute approximate surface area is 216 Å². The van der Waals surface area contributed by atoms with Crippen molar-refractivity contribution in [2.75, 3.05) is 36.5 Å². The zero-order valence-electron chi connectivity index (χ0n) is 21.6. The third-order valence-electron chi connectivity index (χ3n) is 5.48. The number of hydrogen-bond acceptors (Lipinski definition) is 6. The number of ether oxygens (including phenoxy) is 3. The average Bonchev–Trinajstić information content (AvgIpc) is 2.85. The van der Waals surface area contributed by atoms with Gasteiger partial charge in [0.15, 0.2) is 0 Å². The second-order valence-electron chi connectivity index (χ2n) is 8.89. The topological polar surface area (TPSA) is 72.9 Å². The highest BCUT2D eigenvalue weighted by Crippen LogP contribution is 2.33. The lowest BCUT2D eigenvalue weighted by molar-refractivity contribution is -0.112. The molecule has 37 heavy (non-hydrogen) atoms. The largest absolute Gasteiger partial charge is 0.473 e. The molecule has 0 saturated carbocycles. The molecular weight excluding hydrogens is 480 g/mol. The van der Waals surface area contributed by atoms with Crippen molar-refractivity contribution < 1.29 is 27.8 Å². The van der Waals surface area contributed by atoms with Crippen molar-refractivity contribution in [1.29, 1.82) is 0 Å². The van der Waals surface area contributed by atoms with Crippen molar-refractivity contribution in [2.24, 2.45) is 0 Å². The summed E-state index contributed by atoms with van der Waals surface area (Å²) in [6.45, 7) is 11.3. The van der Waals surface area contributed by atoms with Gasteiger partial charge in [-0.25, -0.2) is 4.98 Å². The van der Waals surface area contributed by atoms with Crippen molar-refractivity contribution in [1.82, 2.24) is 4.98 Å². The number of halogens is 2. The number of allylic oxidation sites excluding steroid dienone is 3. The van der Waals surface area contributed by atoms with Crippen molar-refractivity contribution in [3.05, 3.63) is 72.0 Å². The molecule has 9 heteroatoms. The van der Waals surface area contributed by atoms with E-state index in [4.69, 9.17) is 9.47 Å². The molecule has 1 aliphatic rings. The Morgan fingerprint density at radius 1 is 1.19 bits per heavy atom. The number of nitrogens with one attached hydrogen (secondary N) is 1. The fraction of sp³-hybridized carbons (Fsp3) is 0.357. The van der Waals surface area contributed by atoms with E-state index in [0.29, 0.717) is 43.4 Å². The first-order chi connectivity index (χ1) is 17.7. The van der Waals surface area contributed by atoms with Gasteiger partial charge < -0.3 is 24.4 Å². The minimum Gasteiger partial charge on any atom is -0.473 e. The van der Waals surface area contributed by atoms with Gasteiger partial charge in [0.05, 0.1) is 19.3 Å². The summed E-state index contributed by atoms with van der Waals surface area (Å²) in [5.41, 5.74) is 4.07. The summed E-state index contributed by atoms with van der Waals surface area (Å²) >= 11 is 0. The van der Waals surface area contributed by atoms with E-state index in [2.05, 4.69) is 26.5 Å². The highest BCUT2D eigenvalue weighted by atomic mass is 19.3. The number of amides is 1. The molecule has 0 aliphatic carbocycles. The summed E-state index contributed by atoms with van der Waals surface area (Å²) in [5.74, 6) is 0.0572. The van der Waals surface area contributed by atoms with E-state index in [1.807, 2.05) is 33.8 Å². The Bertz CT molecular complexity index is 1170. The van der Waals surface area contributed by atoms with E-state index in [-0.39, 0.29) is 11.9 Å². The Hall–Kier alpha value is -3.72. The Kier molecular flexibility index (Phi) is 9.79. The van der Waals surface area contributed by atoms with Crippen LogP contribution < -0.4 is 19.7 Å². The molecule has 0 radical (unpaired) electrons. The van der Waals surface area contributed by atoms with E-state index >= 15 is 0 Å². The summed E-state index contributed by atoms with van der Waals surface area (Å²) < 4.78 is 41.0. The van der Waals surface area contributed by atoms with Crippen LogP contribution in [-0.4, -0.2) is 49.9 Å². The van der Waals surface area contributed by atoms with Gasteiger partial charge in [0.1, 0.15) is 11.4 Å². The third-order valence-corrected chi connectivity index (χ3v) is 5.48. The monoisotopic (exact) mass is 513 g/mol. The fourth-order valence-electron chi connectivity index (χ4n) is 3.78. The van der Waals surface area contributed by atoms with Crippen LogP contribution in [0.5, 0.6) is 11.6 Å².